The summed E-state index contributed by atoms with van der Waals surface area (Å²) in [5.74, 6) is 0.236. The summed E-state index contributed by atoms with van der Waals surface area (Å²) in [5.41, 5.74) is 1.91. The number of hydrogen-bond acceptors (Lipinski definition) is 2. The second-order valence-corrected chi connectivity index (χ2v) is 6.70. The lowest BCUT2D eigenvalue weighted by atomic mass is 9.71. The summed E-state index contributed by atoms with van der Waals surface area (Å²) in [5, 5.41) is 3.56. The van der Waals surface area contributed by atoms with Crippen molar-refractivity contribution in [3.8, 4) is 5.75 Å². The van der Waals surface area contributed by atoms with Gasteiger partial charge in [0.25, 0.3) is 0 Å². The zero-order chi connectivity index (χ0) is 16.3. The molecule has 5 heteroatoms. The van der Waals surface area contributed by atoms with E-state index in [0.29, 0.717) is 6.54 Å². The molecule has 0 bridgehead atoms. The van der Waals surface area contributed by atoms with Gasteiger partial charge in [0.1, 0.15) is 5.75 Å². The van der Waals surface area contributed by atoms with Crippen LogP contribution in [0, 0.1) is 0 Å². The van der Waals surface area contributed by atoms with Crippen LogP contribution < -0.4 is 10.1 Å². The number of hydrogen-bond donors (Lipinski definition) is 1. The van der Waals surface area contributed by atoms with Crippen molar-refractivity contribution in [1.29, 1.82) is 0 Å². The van der Waals surface area contributed by atoms with Crippen molar-refractivity contribution < 1.29 is 13.5 Å². The number of halogens is 3. The molecule has 0 atom stereocenters. The second-order valence-electron chi connectivity index (χ2n) is 5.78. The Labute approximate surface area is 143 Å². The zero-order valence-electron chi connectivity index (χ0n) is 12.6. The van der Waals surface area contributed by atoms with Gasteiger partial charge in [0.05, 0.1) is 0 Å². The molecule has 1 fully saturated rings. The summed E-state index contributed by atoms with van der Waals surface area (Å²) >= 11 is 3.45. The zero-order valence-corrected chi connectivity index (χ0v) is 14.2. The molecule has 0 heterocycles. The Morgan fingerprint density at radius 1 is 1.09 bits per heavy atom. The van der Waals surface area contributed by atoms with Gasteiger partial charge in [-0.1, -0.05) is 46.3 Å². The fraction of sp³-hybridized carbons (Fsp3) is 0.333. The predicted octanol–water partition coefficient (Wildman–Crippen LogP) is 5.22. The van der Waals surface area contributed by atoms with Crippen LogP contribution in [0.15, 0.2) is 53.0 Å². The average molecular weight is 382 g/mol. The van der Waals surface area contributed by atoms with E-state index in [4.69, 9.17) is 0 Å². The molecule has 0 amide bonds. The van der Waals surface area contributed by atoms with Crippen molar-refractivity contribution in [1.82, 2.24) is 5.32 Å². The highest BCUT2D eigenvalue weighted by atomic mass is 79.9. The van der Waals surface area contributed by atoms with Crippen LogP contribution in [0.3, 0.4) is 0 Å². The maximum atomic E-state index is 12.5. The molecule has 2 aromatic rings. The van der Waals surface area contributed by atoms with E-state index >= 15 is 0 Å². The molecule has 0 aliphatic heterocycles. The molecule has 0 radical (unpaired) electrons. The molecule has 1 aliphatic carbocycles. The van der Waals surface area contributed by atoms with E-state index in [-0.39, 0.29) is 11.3 Å². The van der Waals surface area contributed by atoms with E-state index in [2.05, 4.69) is 38.1 Å². The Hall–Kier alpha value is -1.46. The van der Waals surface area contributed by atoms with E-state index in [1.165, 1.54) is 5.56 Å². The van der Waals surface area contributed by atoms with Crippen molar-refractivity contribution in [2.24, 2.45) is 0 Å². The van der Waals surface area contributed by atoms with Crippen molar-refractivity contribution in [3.05, 3.63) is 64.1 Å². The average Bonchev–Trinajstić information content (AvgIpc) is 2.49. The topological polar surface area (TPSA) is 21.3 Å². The van der Waals surface area contributed by atoms with Crippen LogP contribution in [0.1, 0.15) is 30.4 Å². The van der Waals surface area contributed by atoms with E-state index in [1.807, 2.05) is 24.3 Å². The van der Waals surface area contributed by atoms with Crippen molar-refractivity contribution in [3.63, 3.8) is 0 Å². The Morgan fingerprint density at radius 3 is 2.39 bits per heavy atom. The van der Waals surface area contributed by atoms with Gasteiger partial charge < -0.3 is 10.1 Å². The standard InChI is InChI=1S/C18H18BrF2NO/c19-15-8-6-14(7-9-15)18(10-3-11-18)22-12-13-4-1-2-5-16(13)23-17(20)21/h1-2,4-9,17,22H,3,10-12H2. The first-order valence-electron chi connectivity index (χ1n) is 7.63. The third-order valence-electron chi connectivity index (χ3n) is 4.41. The van der Waals surface area contributed by atoms with Crippen molar-refractivity contribution in [2.45, 2.75) is 38.0 Å². The summed E-state index contributed by atoms with van der Waals surface area (Å²) in [4.78, 5) is 0. The van der Waals surface area contributed by atoms with Crippen LogP contribution in [-0.2, 0) is 12.1 Å². The lowest BCUT2D eigenvalue weighted by Crippen LogP contribution is -2.47. The Balaban J connectivity index is 1.75. The first kappa shape index (κ1) is 16.4. The van der Waals surface area contributed by atoms with Gasteiger partial charge >= 0.3 is 6.61 Å². The van der Waals surface area contributed by atoms with Gasteiger partial charge in [-0.25, -0.2) is 0 Å². The minimum atomic E-state index is -2.81. The molecule has 2 nitrogen and oxygen atoms in total. The fourth-order valence-electron chi connectivity index (χ4n) is 2.99. The Kier molecular flexibility index (Phi) is 4.97. The number of alkyl halides is 2. The van der Waals surface area contributed by atoms with Crippen LogP contribution in [0.4, 0.5) is 8.78 Å². The van der Waals surface area contributed by atoms with E-state index in [0.717, 1.165) is 29.3 Å². The van der Waals surface area contributed by atoms with E-state index in [1.54, 1.807) is 12.1 Å². The van der Waals surface area contributed by atoms with Crippen LogP contribution in [0.5, 0.6) is 5.75 Å². The van der Waals surface area contributed by atoms with Gasteiger partial charge in [0.2, 0.25) is 0 Å². The van der Waals surface area contributed by atoms with E-state index < -0.39 is 6.61 Å². The maximum absolute atomic E-state index is 12.5. The smallest absolute Gasteiger partial charge is 0.387 e. The van der Waals surface area contributed by atoms with Gasteiger partial charge in [-0.15, -0.1) is 0 Å². The minimum absolute atomic E-state index is 0.0708. The molecule has 2 aromatic carbocycles. The van der Waals surface area contributed by atoms with Gasteiger partial charge in [-0.05, 0) is 43.0 Å². The summed E-state index contributed by atoms with van der Waals surface area (Å²) in [7, 11) is 0. The number of para-hydroxylation sites is 1. The van der Waals surface area contributed by atoms with E-state index in [9.17, 15) is 8.78 Å². The predicted molar refractivity (Wildman–Crippen MR) is 89.6 cm³/mol. The van der Waals surface area contributed by atoms with Crippen molar-refractivity contribution >= 4 is 15.9 Å². The molecule has 0 spiro atoms. The molecule has 23 heavy (non-hydrogen) atoms. The quantitative estimate of drug-likeness (QED) is 0.740. The van der Waals surface area contributed by atoms with Crippen LogP contribution in [-0.4, -0.2) is 6.61 Å². The lowest BCUT2D eigenvalue weighted by Gasteiger charge is -2.43. The molecular formula is C18H18BrF2NO. The lowest BCUT2D eigenvalue weighted by molar-refractivity contribution is -0.0505. The van der Waals surface area contributed by atoms with Crippen LogP contribution in [0.25, 0.3) is 0 Å². The van der Waals surface area contributed by atoms with Crippen LogP contribution >= 0.6 is 15.9 Å². The monoisotopic (exact) mass is 381 g/mol. The highest BCUT2D eigenvalue weighted by Crippen LogP contribution is 2.42. The Bertz CT molecular complexity index is 656. The van der Waals surface area contributed by atoms with Crippen molar-refractivity contribution in [2.75, 3.05) is 0 Å². The normalized spacial score (nSPS) is 16.2. The number of ether oxygens (including phenoxy) is 1. The summed E-state index contributed by atoms with van der Waals surface area (Å²) in [6.07, 6.45) is 3.26. The first-order valence-corrected chi connectivity index (χ1v) is 8.42. The van der Waals surface area contributed by atoms with Gasteiger partial charge in [0.15, 0.2) is 0 Å². The molecule has 0 aromatic heterocycles. The third kappa shape index (κ3) is 3.72. The second kappa shape index (κ2) is 6.97. The van der Waals surface area contributed by atoms with Gasteiger partial charge in [-0.2, -0.15) is 8.78 Å². The molecule has 1 saturated carbocycles. The molecule has 0 saturated heterocycles. The van der Waals surface area contributed by atoms with Crippen LogP contribution in [0.2, 0.25) is 0 Å². The largest absolute Gasteiger partial charge is 0.434 e. The minimum Gasteiger partial charge on any atom is -0.434 e. The summed E-state index contributed by atoms with van der Waals surface area (Å²) in [6.45, 7) is -2.31. The maximum Gasteiger partial charge on any atom is 0.387 e. The highest BCUT2D eigenvalue weighted by molar-refractivity contribution is 9.10. The molecule has 3 rings (SSSR count). The Morgan fingerprint density at radius 2 is 1.78 bits per heavy atom. The molecule has 0 unspecified atom stereocenters. The highest BCUT2D eigenvalue weighted by Gasteiger charge is 2.38. The summed E-state index contributed by atoms with van der Waals surface area (Å²) in [6, 6.07) is 15.2. The molecule has 1 aliphatic rings. The third-order valence-corrected chi connectivity index (χ3v) is 4.94. The van der Waals surface area contributed by atoms with Gasteiger partial charge in [-0.3, -0.25) is 0 Å². The number of rotatable bonds is 6. The first-order chi connectivity index (χ1) is 11.1. The molecule has 1 N–H and O–H groups in total. The SMILES string of the molecule is FC(F)Oc1ccccc1CNC1(c2ccc(Br)cc2)CCC1. The number of nitrogens with one attached hydrogen (secondary N) is 1. The molecule has 122 valence electrons. The molecular weight excluding hydrogens is 364 g/mol. The number of benzene rings is 2. The summed E-state index contributed by atoms with van der Waals surface area (Å²) < 4.78 is 30.7. The van der Waals surface area contributed by atoms with Gasteiger partial charge in [0, 0.05) is 22.1 Å². The fourth-order valence-corrected chi connectivity index (χ4v) is 3.26.